The van der Waals surface area contributed by atoms with Crippen LogP contribution >= 0.6 is 23.4 Å². The minimum absolute atomic E-state index is 1.06. The highest BCUT2D eigenvalue weighted by Gasteiger charge is 2.02. The highest BCUT2D eigenvalue weighted by molar-refractivity contribution is 8.08. The summed E-state index contributed by atoms with van der Waals surface area (Å²) in [5.74, 6) is 0. The minimum Gasteiger partial charge on any atom is -0.0917 e. The second-order valence-electron chi connectivity index (χ2n) is 3.25. The maximum absolute atomic E-state index is 5.87. The first-order valence-corrected chi connectivity index (χ1v) is 6.24. The predicted octanol–water partition coefficient (Wildman–Crippen LogP) is 5.02. The van der Waals surface area contributed by atoms with E-state index in [1.54, 1.807) is 17.3 Å². The fraction of sp³-hybridized carbons (Fsp3) is 0. The average Bonchev–Trinajstić information content (AvgIpc) is 2.38. The number of thioether (sulfide) groups is 1. The Morgan fingerprint density at radius 3 is 2.00 bits per heavy atom. The van der Waals surface area contributed by atoms with Gasteiger partial charge < -0.3 is 0 Å². The van der Waals surface area contributed by atoms with Crippen LogP contribution in [0.25, 0.3) is 4.91 Å². The van der Waals surface area contributed by atoms with Crippen molar-refractivity contribution in [3.63, 3.8) is 0 Å². The van der Waals surface area contributed by atoms with E-state index in [2.05, 4.69) is 24.3 Å². The molecule has 0 aliphatic heterocycles. The van der Waals surface area contributed by atoms with E-state index in [1.807, 2.05) is 36.4 Å². The van der Waals surface area contributed by atoms with Gasteiger partial charge in [-0.15, -0.1) is 0 Å². The minimum atomic E-state index is 1.06. The average molecular weight is 247 g/mol. The molecule has 2 rings (SSSR count). The molecular formula is C14H11ClS. The number of halogens is 1. The smallest absolute Gasteiger partial charge is 0.0307 e. The topological polar surface area (TPSA) is 0 Å². The molecule has 0 spiro atoms. The molecule has 0 aromatic heterocycles. The summed E-state index contributed by atoms with van der Waals surface area (Å²) < 4.78 is 0. The predicted molar refractivity (Wildman–Crippen MR) is 72.6 cm³/mol. The molecule has 0 heterocycles. The van der Waals surface area contributed by atoms with Gasteiger partial charge in [-0.25, -0.2) is 0 Å². The van der Waals surface area contributed by atoms with Crippen molar-refractivity contribution in [1.82, 2.24) is 0 Å². The molecule has 16 heavy (non-hydrogen) atoms. The molecule has 0 fully saturated rings. The first kappa shape index (κ1) is 11.3. The summed E-state index contributed by atoms with van der Waals surface area (Å²) in [5, 5.41) is 0. The number of rotatable bonds is 3. The Bertz CT molecular complexity index is 463. The lowest BCUT2D eigenvalue weighted by molar-refractivity contribution is 1.47. The summed E-state index contributed by atoms with van der Waals surface area (Å²) in [6, 6.07) is 20.4. The molecule has 0 saturated carbocycles. The fourth-order valence-electron chi connectivity index (χ4n) is 1.36. The Kier molecular flexibility index (Phi) is 4.09. The summed E-state index contributed by atoms with van der Waals surface area (Å²) in [4.78, 5) is 2.26. The highest BCUT2D eigenvalue weighted by Crippen LogP contribution is 2.34. The van der Waals surface area contributed by atoms with Crippen LogP contribution in [0.1, 0.15) is 5.56 Å². The van der Waals surface area contributed by atoms with Crippen LogP contribution in [0.3, 0.4) is 0 Å². The lowest BCUT2D eigenvalue weighted by Gasteiger charge is -2.05. The summed E-state index contributed by atoms with van der Waals surface area (Å²) in [6.07, 6.45) is 0. The van der Waals surface area contributed by atoms with E-state index in [0.717, 1.165) is 10.5 Å². The maximum Gasteiger partial charge on any atom is 0.0307 e. The van der Waals surface area contributed by atoms with Gasteiger partial charge in [0.2, 0.25) is 0 Å². The second-order valence-corrected chi connectivity index (χ2v) is 4.59. The van der Waals surface area contributed by atoms with Crippen LogP contribution in [-0.4, -0.2) is 0 Å². The molecule has 0 nitrogen and oxygen atoms in total. The Morgan fingerprint density at radius 2 is 1.44 bits per heavy atom. The van der Waals surface area contributed by atoms with Gasteiger partial charge in [0.25, 0.3) is 0 Å². The van der Waals surface area contributed by atoms with Crippen LogP contribution in [0.4, 0.5) is 0 Å². The van der Waals surface area contributed by atoms with Crippen molar-refractivity contribution in [3.8, 4) is 0 Å². The van der Waals surface area contributed by atoms with E-state index in [1.165, 1.54) is 4.90 Å². The van der Waals surface area contributed by atoms with Crippen molar-refractivity contribution in [3.05, 3.63) is 71.8 Å². The number of hydrogen-bond acceptors (Lipinski definition) is 1. The van der Waals surface area contributed by atoms with Gasteiger partial charge in [-0.1, -0.05) is 71.9 Å². The molecule has 0 bridgehead atoms. The van der Waals surface area contributed by atoms with Crippen LogP contribution in [0, 0.1) is 0 Å². The summed E-state index contributed by atoms with van der Waals surface area (Å²) in [5.41, 5.74) is 2.78. The zero-order chi connectivity index (χ0) is 11.2. The van der Waals surface area contributed by atoms with Gasteiger partial charge in [-0.3, -0.25) is 0 Å². The first-order valence-electron chi connectivity index (χ1n) is 4.99. The van der Waals surface area contributed by atoms with Gasteiger partial charge in [-0.2, -0.15) is 0 Å². The fourth-order valence-corrected chi connectivity index (χ4v) is 2.47. The van der Waals surface area contributed by atoms with E-state index in [0.29, 0.717) is 0 Å². The Balaban J connectivity index is 2.20. The van der Waals surface area contributed by atoms with Crippen molar-refractivity contribution in [2.24, 2.45) is 0 Å². The lowest BCUT2D eigenvalue weighted by Crippen LogP contribution is -1.78. The molecule has 0 unspecified atom stereocenters. The Morgan fingerprint density at radius 1 is 0.875 bits per heavy atom. The van der Waals surface area contributed by atoms with Gasteiger partial charge in [-0.05, 0) is 17.7 Å². The maximum atomic E-state index is 5.87. The zero-order valence-electron chi connectivity index (χ0n) is 8.64. The van der Waals surface area contributed by atoms with Crippen molar-refractivity contribution in [2.45, 2.75) is 4.90 Å². The van der Waals surface area contributed by atoms with E-state index in [-0.39, 0.29) is 0 Å². The molecule has 2 aromatic rings. The van der Waals surface area contributed by atoms with Crippen molar-refractivity contribution in [2.75, 3.05) is 0 Å². The molecule has 0 N–H and O–H groups in total. The molecule has 0 aliphatic rings. The van der Waals surface area contributed by atoms with Gasteiger partial charge in [0.15, 0.2) is 0 Å². The van der Waals surface area contributed by atoms with E-state index in [4.69, 9.17) is 11.6 Å². The Labute approximate surface area is 105 Å². The van der Waals surface area contributed by atoms with Gasteiger partial charge in [0, 0.05) is 15.3 Å². The quantitative estimate of drug-likeness (QED) is 0.686. The highest BCUT2D eigenvalue weighted by atomic mass is 35.5. The van der Waals surface area contributed by atoms with Crippen LogP contribution in [0.15, 0.2) is 71.1 Å². The molecule has 0 saturated heterocycles. The standard InChI is InChI=1S/C14H11ClS/c15-11-14(12-7-3-1-4-8-12)16-13-9-5-2-6-10-13/h1-11H/b14-11+. The third kappa shape index (κ3) is 2.91. The molecule has 0 radical (unpaired) electrons. The molecule has 2 aromatic carbocycles. The lowest BCUT2D eigenvalue weighted by atomic mass is 10.2. The van der Waals surface area contributed by atoms with Crippen LogP contribution in [-0.2, 0) is 0 Å². The van der Waals surface area contributed by atoms with E-state index < -0.39 is 0 Å². The molecule has 2 heteroatoms. The largest absolute Gasteiger partial charge is 0.0917 e. The molecule has 0 aliphatic carbocycles. The molecular weight excluding hydrogens is 236 g/mol. The van der Waals surface area contributed by atoms with Gasteiger partial charge in [0.05, 0.1) is 0 Å². The normalized spacial score (nSPS) is 11.4. The second kappa shape index (κ2) is 5.78. The summed E-state index contributed by atoms with van der Waals surface area (Å²) in [6.45, 7) is 0. The van der Waals surface area contributed by atoms with Crippen molar-refractivity contribution < 1.29 is 0 Å². The third-order valence-corrected chi connectivity index (χ3v) is 3.56. The van der Waals surface area contributed by atoms with Crippen molar-refractivity contribution >= 4 is 28.3 Å². The monoisotopic (exact) mass is 246 g/mol. The van der Waals surface area contributed by atoms with Crippen LogP contribution in [0.2, 0.25) is 0 Å². The van der Waals surface area contributed by atoms with E-state index in [9.17, 15) is 0 Å². The number of benzene rings is 2. The SMILES string of the molecule is Cl/C=C(/Sc1ccccc1)c1ccccc1. The summed E-state index contributed by atoms with van der Waals surface area (Å²) >= 11 is 7.54. The Hall–Kier alpha value is -1.18. The molecule has 80 valence electrons. The molecule has 0 amide bonds. The van der Waals surface area contributed by atoms with Crippen LogP contribution < -0.4 is 0 Å². The zero-order valence-corrected chi connectivity index (χ0v) is 10.2. The van der Waals surface area contributed by atoms with Gasteiger partial charge in [0.1, 0.15) is 0 Å². The van der Waals surface area contributed by atoms with E-state index >= 15 is 0 Å². The van der Waals surface area contributed by atoms with Crippen molar-refractivity contribution in [1.29, 1.82) is 0 Å². The van der Waals surface area contributed by atoms with Gasteiger partial charge >= 0.3 is 0 Å². The third-order valence-electron chi connectivity index (χ3n) is 2.13. The van der Waals surface area contributed by atoms with Crippen LogP contribution in [0.5, 0.6) is 0 Å². The first-order chi connectivity index (χ1) is 7.90. The number of hydrogen-bond donors (Lipinski definition) is 0. The summed E-state index contributed by atoms with van der Waals surface area (Å²) in [7, 11) is 0. The molecule has 0 atom stereocenters.